The topological polar surface area (TPSA) is 30.0 Å². The molecule has 0 bridgehead atoms. The number of rotatable bonds is 12. The van der Waals surface area contributed by atoms with E-state index in [0.29, 0.717) is 0 Å². The van der Waals surface area contributed by atoms with Crippen LogP contribution in [0.3, 0.4) is 0 Å². The summed E-state index contributed by atoms with van der Waals surface area (Å²) in [7, 11) is 0. The highest BCUT2D eigenvalue weighted by Crippen LogP contribution is 2.28. The maximum absolute atomic E-state index is 12.6. The molecule has 0 radical (unpaired) electrons. The lowest BCUT2D eigenvalue weighted by Crippen LogP contribution is -2.32. The molecule has 7 heteroatoms. The lowest BCUT2D eigenvalue weighted by Gasteiger charge is -2.27. The summed E-state index contributed by atoms with van der Waals surface area (Å²) >= 11 is 3.22. The van der Waals surface area contributed by atoms with Crippen LogP contribution in [-0.4, -0.2) is 62.5 Å². The molecule has 22 heavy (non-hydrogen) atoms. The van der Waals surface area contributed by atoms with Crippen LogP contribution in [-0.2, 0) is 0 Å². The number of carbonyl (C=O) groups excluding carboxylic acids is 1. The first-order valence-electron chi connectivity index (χ1n) is 8.61. The summed E-state index contributed by atoms with van der Waals surface area (Å²) in [5.41, 5.74) is 0. The predicted octanol–water partition coefficient (Wildman–Crippen LogP) is 4.09. The first-order valence-corrected chi connectivity index (χ1v) is 10.1. The average molecular weight is 349 g/mol. The van der Waals surface area contributed by atoms with Gasteiger partial charge < -0.3 is 0 Å². The molecule has 0 aromatic heterocycles. The van der Waals surface area contributed by atoms with Crippen LogP contribution in [0.1, 0.15) is 53.4 Å². The fraction of sp³-hybridized carbons (Fsp3) is 0.933. The second-order valence-corrected chi connectivity index (χ2v) is 7.75. The molecule has 0 atom stereocenters. The Labute approximate surface area is 145 Å². The van der Waals surface area contributed by atoms with Crippen molar-refractivity contribution in [3.05, 3.63) is 0 Å². The molecule has 0 N–H and O–H groups in total. The molecule has 1 fully saturated rings. The molecule has 0 aliphatic carbocycles. The van der Waals surface area contributed by atoms with Crippen LogP contribution < -0.4 is 0 Å². The van der Waals surface area contributed by atoms with Crippen molar-refractivity contribution in [3.8, 4) is 0 Å². The Kier molecular flexibility index (Phi) is 10.4. The zero-order chi connectivity index (χ0) is 16.4. The van der Waals surface area contributed by atoms with Crippen LogP contribution >= 0.6 is 24.3 Å². The van der Waals surface area contributed by atoms with E-state index in [0.717, 1.165) is 65.0 Å². The van der Waals surface area contributed by atoms with E-state index in [1.54, 1.807) is 24.3 Å². The number of urea groups is 1. The lowest BCUT2D eigenvalue weighted by atomic mass is 10.4. The first-order chi connectivity index (χ1) is 10.7. The van der Waals surface area contributed by atoms with Crippen LogP contribution in [0.25, 0.3) is 0 Å². The smallest absolute Gasteiger partial charge is 0.252 e. The van der Waals surface area contributed by atoms with Crippen molar-refractivity contribution in [1.29, 1.82) is 0 Å². The molecule has 0 aromatic carbocycles. The molecule has 130 valence electrons. The first kappa shape index (κ1) is 19.9. The summed E-state index contributed by atoms with van der Waals surface area (Å²) in [4.78, 5) is 12.6. The van der Waals surface area contributed by atoms with Crippen molar-refractivity contribution in [3.63, 3.8) is 0 Å². The van der Waals surface area contributed by atoms with Gasteiger partial charge in [-0.2, -0.15) is 0 Å². The van der Waals surface area contributed by atoms with Crippen LogP contribution in [0, 0.1) is 0 Å². The van der Waals surface area contributed by atoms with Crippen molar-refractivity contribution in [2.24, 2.45) is 0 Å². The third-order valence-corrected chi connectivity index (χ3v) is 5.52. The van der Waals surface area contributed by atoms with Gasteiger partial charge in [-0.15, -0.1) is 0 Å². The number of nitrogens with zero attached hydrogens (tertiary/aromatic N) is 4. The Morgan fingerprint density at radius 2 is 1.09 bits per heavy atom. The van der Waals surface area contributed by atoms with Crippen LogP contribution in [0.15, 0.2) is 0 Å². The minimum atomic E-state index is 0.143. The highest BCUT2D eigenvalue weighted by molar-refractivity contribution is 7.96. The summed E-state index contributed by atoms with van der Waals surface area (Å²) < 4.78 is 8.44. The molecule has 5 nitrogen and oxygen atoms in total. The van der Waals surface area contributed by atoms with Gasteiger partial charge in [-0.05, 0) is 25.7 Å². The molecule has 1 saturated heterocycles. The van der Waals surface area contributed by atoms with E-state index < -0.39 is 0 Å². The molecule has 1 heterocycles. The normalized spacial score (nSPS) is 15.6. The molecule has 1 aliphatic rings. The van der Waals surface area contributed by atoms with E-state index in [-0.39, 0.29) is 6.03 Å². The fourth-order valence-corrected chi connectivity index (χ4v) is 4.64. The highest BCUT2D eigenvalue weighted by atomic mass is 32.2. The van der Waals surface area contributed by atoms with E-state index in [1.165, 1.54) is 0 Å². The number of hydrogen-bond acceptors (Lipinski definition) is 5. The Hall–Kier alpha value is -0.110. The standard InChI is InChI=1S/C15H32N4OS2/c1-5-9-16(10-6-2)21-18-13-14-19(15(18)20)22-17(11-7-3)12-8-4/h5-14H2,1-4H3. The Bertz CT molecular complexity index is 280. The summed E-state index contributed by atoms with van der Waals surface area (Å²) in [6, 6.07) is 0.143. The molecule has 0 unspecified atom stereocenters. The van der Waals surface area contributed by atoms with Crippen LogP contribution in [0.5, 0.6) is 0 Å². The fourth-order valence-electron chi connectivity index (χ4n) is 2.31. The van der Waals surface area contributed by atoms with Gasteiger partial charge in [0, 0.05) is 50.4 Å². The predicted molar refractivity (Wildman–Crippen MR) is 98.3 cm³/mol. The third kappa shape index (κ3) is 6.56. The van der Waals surface area contributed by atoms with Gasteiger partial charge in [0.2, 0.25) is 0 Å². The molecule has 0 spiro atoms. The van der Waals surface area contributed by atoms with Gasteiger partial charge in [-0.1, -0.05) is 27.7 Å². The zero-order valence-electron chi connectivity index (χ0n) is 14.6. The van der Waals surface area contributed by atoms with Crippen molar-refractivity contribution in [2.45, 2.75) is 53.4 Å². The summed E-state index contributed by atoms with van der Waals surface area (Å²) in [6.45, 7) is 14.5. The second-order valence-electron chi connectivity index (χ2n) is 5.51. The molecule has 1 aliphatic heterocycles. The van der Waals surface area contributed by atoms with Crippen LogP contribution in [0.4, 0.5) is 4.79 Å². The SMILES string of the molecule is CCCN(CCC)SN1CCN(SN(CCC)CCC)C1=O. The highest BCUT2D eigenvalue weighted by Gasteiger charge is 2.32. The van der Waals surface area contributed by atoms with E-state index in [9.17, 15) is 4.79 Å². The van der Waals surface area contributed by atoms with Gasteiger partial charge in [0.15, 0.2) is 0 Å². The summed E-state index contributed by atoms with van der Waals surface area (Å²) in [5, 5.41) is 0. The number of amides is 2. The molecular formula is C15H32N4OS2. The van der Waals surface area contributed by atoms with Gasteiger partial charge in [0.05, 0.1) is 13.1 Å². The van der Waals surface area contributed by atoms with Crippen molar-refractivity contribution in [2.75, 3.05) is 39.3 Å². The van der Waals surface area contributed by atoms with Gasteiger partial charge in [-0.25, -0.2) is 13.4 Å². The monoisotopic (exact) mass is 348 g/mol. The lowest BCUT2D eigenvalue weighted by molar-refractivity contribution is 0.226. The molecule has 2 amide bonds. The Morgan fingerprint density at radius 3 is 1.36 bits per heavy atom. The molecular weight excluding hydrogens is 316 g/mol. The second kappa shape index (κ2) is 11.4. The maximum Gasteiger partial charge on any atom is 0.342 e. The number of carbonyl (C=O) groups is 1. The molecule has 0 saturated carbocycles. The largest absolute Gasteiger partial charge is 0.342 e. The van der Waals surface area contributed by atoms with Crippen molar-refractivity contribution >= 4 is 30.3 Å². The van der Waals surface area contributed by atoms with Gasteiger partial charge in [0.25, 0.3) is 0 Å². The van der Waals surface area contributed by atoms with Gasteiger partial charge >= 0.3 is 6.03 Å². The van der Waals surface area contributed by atoms with E-state index >= 15 is 0 Å². The Balaban J connectivity index is 2.49. The minimum Gasteiger partial charge on any atom is -0.252 e. The van der Waals surface area contributed by atoms with Crippen LogP contribution in [0.2, 0.25) is 0 Å². The minimum absolute atomic E-state index is 0.143. The van der Waals surface area contributed by atoms with Gasteiger partial charge in [-0.3, -0.25) is 8.61 Å². The quantitative estimate of drug-likeness (QED) is 0.496. The average Bonchev–Trinajstić information content (AvgIpc) is 2.81. The van der Waals surface area contributed by atoms with Crippen molar-refractivity contribution in [1.82, 2.24) is 17.2 Å². The molecule has 0 aromatic rings. The van der Waals surface area contributed by atoms with E-state index in [1.807, 2.05) is 8.61 Å². The summed E-state index contributed by atoms with van der Waals surface area (Å²) in [5.74, 6) is 0. The van der Waals surface area contributed by atoms with E-state index in [4.69, 9.17) is 0 Å². The maximum atomic E-state index is 12.6. The Morgan fingerprint density at radius 1 is 0.773 bits per heavy atom. The number of hydrogen-bond donors (Lipinski definition) is 0. The molecule has 1 rings (SSSR count). The zero-order valence-corrected chi connectivity index (χ0v) is 16.2. The summed E-state index contributed by atoms with van der Waals surface area (Å²) in [6.07, 6.45) is 4.48. The van der Waals surface area contributed by atoms with Crippen molar-refractivity contribution < 1.29 is 4.79 Å². The van der Waals surface area contributed by atoms with E-state index in [2.05, 4.69) is 36.3 Å². The van der Waals surface area contributed by atoms with Gasteiger partial charge in [0.1, 0.15) is 0 Å². The third-order valence-electron chi connectivity index (χ3n) is 3.25.